The van der Waals surface area contributed by atoms with Crippen molar-refractivity contribution in [2.24, 2.45) is 0 Å². The van der Waals surface area contributed by atoms with Gasteiger partial charge in [0.25, 0.3) is 0 Å². The summed E-state index contributed by atoms with van der Waals surface area (Å²) in [4.78, 5) is 0. The number of H-pyrrole nitrogens is 1. The van der Waals surface area contributed by atoms with Crippen LogP contribution in [0.2, 0.25) is 0 Å². The van der Waals surface area contributed by atoms with Gasteiger partial charge < -0.3 is 9.47 Å². The summed E-state index contributed by atoms with van der Waals surface area (Å²) in [6.45, 7) is 3.47. The Morgan fingerprint density at radius 3 is 2.64 bits per heavy atom. The van der Waals surface area contributed by atoms with Crippen LogP contribution in [0.1, 0.15) is 24.1 Å². The lowest BCUT2D eigenvalue weighted by Gasteiger charge is -2.24. The van der Waals surface area contributed by atoms with E-state index in [2.05, 4.69) is 28.4 Å². The van der Waals surface area contributed by atoms with Crippen LogP contribution < -0.4 is 4.74 Å². The molecule has 2 aromatic carbocycles. The van der Waals surface area contributed by atoms with Gasteiger partial charge >= 0.3 is 0 Å². The summed E-state index contributed by atoms with van der Waals surface area (Å²) in [5, 5.41) is 17.4. The molecule has 25 heavy (non-hydrogen) atoms. The Bertz CT molecular complexity index is 932. The van der Waals surface area contributed by atoms with Crippen molar-refractivity contribution in [3.8, 4) is 22.9 Å². The number of fused-ring (bicyclic) bond motifs is 1. The lowest BCUT2D eigenvalue weighted by atomic mass is 10.0. The van der Waals surface area contributed by atoms with Crippen molar-refractivity contribution in [3.63, 3.8) is 0 Å². The van der Waals surface area contributed by atoms with E-state index in [9.17, 15) is 0 Å². The Morgan fingerprint density at radius 2 is 1.92 bits per heavy atom. The first kappa shape index (κ1) is 15.7. The molecule has 1 fully saturated rings. The molecule has 3 aromatic rings. The highest BCUT2D eigenvalue weighted by molar-refractivity contribution is 5.92. The number of aromatic amines is 1. The van der Waals surface area contributed by atoms with E-state index in [0.717, 1.165) is 59.5 Å². The molecule has 0 spiro atoms. The van der Waals surface area contributed by atoms with Crippen LogP contribution in [0.4, 0.5) is 0 Å². The van der Waals surface area contributed by atoms with Gasteiger partial charge in [0, 0.05) is 12.8 Å². The smallest absolute Gasteiger partial charge is 0.131 e. The number of aromatic nitrogens is 2. The molecule has 1 aromatic heterocycles. The van der Waals surface area contributed by atoms with Gasteiger partial charge in [-0.05, 0) is 42.3 Å². The molecular weight excluding hydrogens is 314 g/mol. The zero-order valence-electron chi connectivity index (χ0n) is 14.1. The molecule has 2 heterocycles. The van der Waals surface area contributed by atoms with Crippen molar-refractivity contribution in [2.45, 2.75) is 25.9 Å². The predicted molar refractivity (Wildman–Crippen MR) is 95.5 cm³/mol. The second kappa shape index (κ2) is 6.58. The van der Waals surface area contributed by atoms with Gasteiger partial charge in [-0.25, -0.2) is 0 Å². The van der Waals surface area contributed by atoms with Crippen LogP contribution in [-0.2, 0) is 4.74 Å². The van der Waals surface area contributed by atoms with Crippen LogP contribution in [-0.4, -0.2) is 29.5 Å². The molecular formula is C20H19N3O2. The Morgan fingerprint density at radius 1 is 1.16 bits per heavy atom. The van der Waals surface area contributed by atoms with Gasteiger partial charge in [-0.3, -0.25) is 5.10 Å². The molecule has 1 N–H and O–H groups in total. The first-order valence-corrected chi connectivity index (χ1v) is 8.48. The lowest BCUT2D eigenvalue weighted by Crippen LogP contribution is -2.25. The van der Waals surface area contributed by atoms with Crippen molar-refractivity contribution >= 4 is 10.9 Å². The summed E-state index contributed by atoms with van der Waals surface area (Å²) in [5.41, 5.74) is 4.64. The zero-order valence-corrected chi connectivity index (χ0v) is 14.1. The third-order valence-corrected chi connectivity index (χ3v) is 4.62. The number of rotatable bonds is 3. The fourth-order valence-electron chi connectivity index (χ4n) is 3.25. The first-order valence-electron chi connectivity index (χ1n) is 8.48. The molecule has 0 amide bonds. The molecule has 1 aliphatic heterocycles. The van der Waals surface area contributed by atoms with Gasteiger partial charge in [-0.1, -0.05) is 12.1 Å². The molecule has 126 valence electrons. The monoisotopic (exact) mass is 333 g/mol. The maximum absolute atomic E-state index is 8.98. The van der Waals surface area contributed by atoms with Crippen LogP contribution in [0.25, 0.3) is 22.0 Å². The molecule has 4 rings (SSSR count). The fourth-order valence-corrected chi connectivity index (χ4v) is 3.25. The number of nitrogens with zero attached hydrogens (tertiary/aromatic N) is 2. The predicted octanol–water partition coefficient (Wildman–Crippen LogP) is 3.97. The van der Waals surface area contributed by atoms with E-state index in [1.807, 2.05) is 31.2 Å². The van der Waals surface area contributed by atoms with E-state index in [1.54, 1.807) is 0 Å². The molecule has 1 aliphatic rings. The standard InChI is InChI=1S/C20H19N3O2/c1-13-20-18(23-22-13)10-16(15-4-2-14(12-21)3-5-15)11-19(20)25-17-6-8-24-9-7-17/h2-5,10-11,17H,6-9H2,1H3,(H,22,23). The normalized spacial score (nSPS) is 15.2. The third-order valence-electron chi connectivity index (χ3n) is 4.62. The maximum Gasteiger partial charge on any atom is 0.131 e. The van der Waals surface area contributed by atoms with Crippen molar-refractivity contribution in [3.05, 3.63) is 47.7 Å². The average Bonchev–Trinajstić information content (AvgIpc) is 3.04. The number of benzene rings is 2. The summed E-state index contributed by atoms with van der Waals surface area (Å²) < 4.78 is 11.7. The van der Waals surface area contributed by atoms with Gasteiger partial charge in [0.1, 0.15) is 11.9 Å². The van der Waals surface area contributed by atoms with Crippen LogP contribution >= 0.6 is 0 Å². The quantitative estimate of drug-likeness (QED) is 0.787. The van der Waals surface area contributed by atoms with Crippen molar-refractivity contribution in [2.75, 3.05) is 13.2 Å². The van der Waals surface area contributed by atoms with E-state index in [4.69, 9.17) is 14.7 Å². The van der Waals surface area contributed by atoms with Gasteiger partial charge in [-0.2, -0.15) is 10.4 Å². The SMILES string of the molecule is Cc1n[nH]c2cc(-c3ccc(C#N)cc3)cc(OC3CCOCC3)c12. The topological polar surface area (TPSA) is 70.9 Å². The van der Waals surface area contributed by atoms with Crippen LogP contribution in [0.15, 0.2) is 36.4 Å². The van der Waals surface area contributed by atoms with Crippen LogP contribution in [0.3, 0.4) is 0 Å². The van der Waals surface area contributed by atoms with Gasteiger partial charge in [-0.15, -0.1) is 0 Å². The van der Waals surface area contributed by atoms with Gasteiger partial charge in [0.15, 0.2) is 0 Å². The second-order valence-corrected chi connectivity index (χ2v) is 6.32. The Hall–Kier alpha value is -2.84. The number of hydrogen-bond acceptors (Lipinski definition) is 4. The number of nitrogens with one attached hydrogen (secondary N) is 1. The van der Waals surface area contributed by atoms with E-state index in [1.165, 1.54) is 0 Å². The molecule has 0 aliphatic carbocycles. The summed E-state index contributed by atoms with van der Waals surface area (Å²) in [6.07, 6.45) is 1.97. The van der Waals surface area contributed by atoms with E-state index >= 15 is 0 Å². The van der Waals surface area contributed by atoms with Crippen molar-refractivity contribution in [1.82, 2.24) is 10.2 Å². The molecule has 0 radical (unpaired) electrons. The minimum atomic E-state index is 0.169. The molecule has 1 saturated heterocycles. The first-order chi connectivity index (χ1) is 12.2. The van der Waals surface area contributed by atoms with Crippen molar-refractivity contribution in [1.29, 1.82) is 5.26 Å². The van der Waals surface area contributed by atoms with E-state index < -0.39 is 0 Å². The van der Waals surface area contributed by atoms with Crippen molar-refractivity contribution < 1.29 is 9.47 Å². The molecule has 0 bridgehead atoms. The van der Waals surface area contributed by atoms with Gasteiger partial charge in [0.2, 0.25) is 0 Å². The zero-order chi connectivity index (χ0) is 17.2. The molecule has 5 nitrogen and oxygen atoms in total. The molecule has 5 heteroatoms. The maximum atomic E-state index is 8.98. The minimum absolute atomic E-state index is 0.169. The lowest BCUT2D eigenvalue weighted by molar-refractivity contribution is 0.0262. The summed E-state index contributed by atoms with van der Waals surface area (Å²) in [5.74, 6) is 0.856. The largest absolute Gasteiger partial charge is 0.489 e. The summed E-state index contributed by atoms with van der Waals surface area (Å²) in [6, 6.07) is 13.9. The number of ether oxygens (including phenoxy) is 2. The molecule has 0 unspecified atom stereocenters. The summed E-state index contributed by atoms with van der Waals surface area (Å²) in [7, 11) is 0. The minimum Gasteiger partial charge on any atom is -0.489 e. The highest BCUT2D eigenvalue weighted by Crippen LogP contribution is 2.35. The van der Waals surface area contributed by atoms with E-state index in [0.29, 0.717) is 5.56 Å². The highest BCUT2D eigenvalue weighted by atomic mass is 16.5. The molecule has 0 atom stereocenters. The fraction of sp³-hybridized carbons (Fsp3) is 0.300. The Labute approximate surface area is 146 Å². The molecule has 0 saturated carbocycles. The van der Waals surface area contributed by atoms with Gasteiger partial charge in [0.05, 0.1) is 41.4 Å². The van der Waals surface area contributed by atoms with E-state index in [-0.39, 0.29) is 6.10 Å². The number of aryl methyl sites for hydroxylation is 1. The Balaban J connectivity index is 1.76. The van der Waals surface area contributed by atoms with Crippen LogP contribution in [0.5, 0.6) is 5.75 Å². The average molecular weight is 333 g/mol. The third kappa shape index (κ3) is 3.09. The van der Waals surface area contributed by atoms with Crippen LogP contribution in [0, 0.1) is 18.3 Å². The second-order valence-electron chi connectivity index (χ2n) is 6.32. The Kier molecular flexibility index (Phi) is 4.12. The number of hydrogen-bond donors (Lipinski definition) is 1. The summed E-state index contributed by atoms with van der Waals surface area (Å²) >= 11 is 0. The highest BCUT2D eigenvalue weighted by Gasteiger charge is 2.19. The number of nitriles is 1.